The van der Waals surface area contributed by atoms with Crippen molar-refractivity contribution < 1.29 is 0 Å². The summed E-state index contributed by atoms with van der Waals surface area (Å²) < 4.78 is 0. The third kappa shape index (κ3) is 3.77. The van der Waals surface area contributed by atoms with Crippen molar-refractivity contribution in [1.82, 2.24) is 4.98 Å². The summed E-state index contributed by atoms with van der Waals surface area (Å²) in [7, 11) is 0. The molecule has 0 spiro atoms. The van der Waals surface area contributed by atoms with E-state index in [0.717, 1.165) is 12.8 Å². The van der Waals surface area contributed by atoms with Crippen LogP contribution in [0.1, 0.15) is 52.0 Å². The zero-order valence-electron chi connectivity index (χ0n) is 15.7. The number of nitriles is 1. The van der Waals surface area contributed by atoms with Gasteiger partial charge in [-0.05, 0) is 36.0 Å². The lowest BCUT2D eigenvalue weighted by Gasteiger charge is -2.31. The molecule has 3 aromatic rings. The first-order valence-corrected chi connectivity index (χ1v) is 9.42. The molecular weight excluding hydrogens is 304 g/mol. The summed E-state index contributed by atoms with van der Waals surface area (Å²) in [6.07, 6.45) is 1.97. The van der Waals surface area contributed by atoms with Crippen LogP contribution in [0.2, 0.25) is 0 Å². The number of nitrogens with zero attached hydrogens (tertiary/aromatic N) is 1. The molecule has 2 nitrogen and oxygen atoms in total. The molecule has 0 unspecified atom stereocenters. The predicted molar refractivity (Wildman–Crippen MR) is 108 cm³/mol. The van der Waals surface area contributed by atoms with Gasteiger partial charge in [0.15, 0.2) is 0 Å². The molecule has 25 heavy (non-hydrogen) atoms. The number of benzene rings is 2. The quantitative estimate of drug-likeness (QED) is 0.544. The van der Waals surface area contributed by atoms with Crippen LogP contribution in [0.25, 0.3) is 22.2 Å². The number of aromatic nitrogens is 1. The Kier molecular flexibility index (Phi) is 6.83. The minimum Gasteiger partial charge on any atom is -0.354 e. The van der Waals surface area contributed by atoms with E-state index in [-0.39, 0.29) is 5.92 Å². The lowest BCUT2D eigenvalue weighted by molar-refractivity contribution is 0.334. The van der Waals surface area contributed by atoms with Crippen LogP contribution >= 0.6 is 0 Å². The van der Waals surface area contributed by atoms with E-state index in [1.165, 1.54) is 27.7 Å². The number of rotatable bonds is 2. The van der Waals surface area contributed by atoms with Crippen molar-refractivity contribution in [2.45, 2.75) is 46.5 Å². The van der Waals surface area contributed by atoms with Gasteiger partial charge in [0, 0.05) is 22.5 Å². The first-order chi connectivity index (χ1) is 12.4. The van der Waals surface area contributed by atoms with E-state index in [2.05, 4.69) is 59.6 Å². The van der Waals surface area contributed by atoms with Gasteiger partial charge in [0.05, 0.1) is 6.07 Å². The average molecular weight is 332 g/mol. The van der Waals surface area contributed by atoms with Gasteiger partial charge in [0.25, 0.3) is 0 Å². The Morgan fingerprint density at radius 1 is 0.880 bits per heavy atom. The van der Waals surface area contributed by atoms with Crippen molar-refractivity contribution in [1.29, 1.82) is 5.26 Å². The van der Waals surface area contributed by atoms with Crippen molar-refractivity contribution in [3.05, 3.63) is 60.2 Å². The molecule has 0 bridgehead atoms. The van der Waals surface area contributed by atoms with Gasteiger partial charge in [-0.3, -0.25) is 0 Å². The molecule has 130 valence electrons. The minimum atomic E-state index is 0.229. The van der Waals surface area contributed by atoms with Gasteiger partial charge in [-0.15, -0.1) is 0 Å². The van der Waals surface area contributed by atoms with E-state index in [9.17, 15) is 0 Å². The summed E-state index contributed by atoms with van der Waals surface area (Å²) in [4.78, 5) is 3.58. The Balaban J connectivity index is 0.000000528. The average Bonchev–Trinajstić information content (AvgIpc) is 3.04. The first kappa shape index (κ1) is 18.8. The number of aromatic amines is 1. The van der Waals surface area contributed by atoms with Crippen LogP contribution in [0, 0.1) is 17.2 Å². The highest BCUT2D eigenvalue weighted by atomic mass is 14.7. The van der Waals surface area contributed by atoms with Gasteiger partial charge in [0.1, 0.15) is 0 Å². The Hall–Kier alpha value is -2.53. The molecule has 1 saturated carbocycles. The number of hydrogen-bond acceptors (Lipinski definition) is 1. The smallest absolute Gasteiger partial charge is 0.0656 e. The van der Waals surface area contributed by atoms with Gasteiger partial charge < -0.3 is 4.98 Å². The second-order valence-corrected chi connectivity index (χ2v) is 5.82. The van der Waals surface area contributed by atoms with Crippen LogP contribution in [0.4, 0.5) is 0 Å². The molecule has 0 aliphatic heterocycles. The lowest BCUT2D eigenvalue weighted by atomic mass is 9.71. The van der Waals surface area contributed by atoms with Gasteiger partial charge in [-0.25, -0.2) is 0 Å². The molecule has 1 heterocycles. The fraction of sp³-hybridized carbons (Fsp3) is 0.348. The third-order valence-electron chi connectivity index (χ3n) is 4.54. The van der Waals surface area contributed by atoms with Crippen LogP contribution in [0.3, 0.4) is 0 Å². The molecule has 0 saturated heterocycles. The molecule has 2 heteroatoms. The summed E-state index contributed by atoms with van der Waals surface area (Å²) in [5.41, 5.74) is 5.03. The summed E-state index contributed by atoms with van der Waals surface area (Å²) in [6.45, 7) is 8.00. The van der Waals surface area contributed by atoms with E-state index in [0.29, 0.717) is 5.92 Å². The molecule has 2 aromatic carbocycles. The van der Waals surface area contributed by atoms with E-state index >= 15 is 0 Å². The van der Waals surface area contributed by atoms with Gasteiger partial charge in [-0.2, -0.15) is 5.26 Å². The third-order valence-corrected chi connectivity index (χ3v) is 4.54. The van der Waals surface area contributed by atoms with Gasteiger partial charge in [0.2, 0.25) is 0 Å². The number of fused-ring (bicyclic) bond motifs is 1. The Bertz CT molecular complexity index is 818. The van der Waals surface area contributed by atoms with Gasteiger partial charge in [-0.1, -0.05) is 76.2 Å². The van der Waals surface area contributed by atoms with Crippen molar-refractivity contribution in [3.63, 3.8) is 0 Å². The second kappa shape index (κ2) is 9.08. The van der Waals surface area contributed by atoms with Gasteiger partial charge >= 0.3 is 0 Å². The fourth-order valence-corrected chi connectivity index (χ4v) is 3.38. The maximum atomic E-state index is 9.04. The fourth-order valence-electron chi connectivity index (χ4n) is 3.38. The molecule has 0 amide bonds. The molecule has 1 aliphatic carbocycles. The zero-order valence-corrected chi connectivity index (χ0v) is 15.7. The monoisotopic (exact) mass is 332 g/mol. The molecule has 1 N–H and O–H groups in total. The first-order valence-electron chi connectivity index (χ1n) is 9.42. The normalized spacial score (nSPS) is 18.0. The van der Waals surface area contributed by atoms with E-state index in [1.54, 1.807) is 0 Å². The van der Waals surface area contributed by atoms with Crippen LogP contribution < -0.4 is 0 Å². The molecule has 1 aromatic heterocycles. The number of para-hydroxylation sites is 1. The maximum absolute atomic E-state index is 9.04. The molecule has 1 aliphatic rings. The highest BCUT2D eigenvalue weighted by Gasteiger charge is 2.33. The van der Waals surface area contributed by atoms with E-state index < -0.39 is 0 Å². The largest absolute Gasteiger partial charge is 0.354 e. The molecule has 4 rings (SSSR count). The minimum absolute atomic E-state index is 0.229. The second-order valence-electron chi connectivity index (χ2n) is 5.82. The molecule has 1 fully saturated rings. The zero-order chi connectivity index (χ0) is 18.2. The maximum Gasteiger partial charge on any atom is 0.0656 e. The topological polar surface area (TPSA) is 39.6 Å². The Morgan fingerprint density at radius 3 is 2.12 bits per heavy atom. The highest BCUT2D eigenvalue weighted by molar-refractivity contribution is 5.91. The molecular formula is C23H28N2. The van der Waals surface area contributed by atoms with E-state index in [4.69, 9.17) is 5.26 Å². The number of nitrogens with one attached hydrogen (secondary N) is 1. The summed E-state index contributed by atoms with van der Waals surface area (Å²) in [5, 5.41) is 10.3. The van der Waals surface area contributed by atoms with E-state index in [1.807, 2.05) is 33.8 Å². The van der Waals surface area contributed by atoms with Crippen molar-refractivity contribution >= 4 is 10.9 Å². The Morgan fingerprint density at radius 2 is 1.48 bits per heavy atom. The molecule has 0 atom stereocenters. The molecule has 0 radical (unpaired) electrons. The van der Waals surface area contributed by atoms with Crippen LogP contribution in [-0.4, -0.2) is 4.98 Å². The summed E-state index contributed by atoms with van der Waals surface area (Å²) in [6, 6.07) is 21.4. The number of hydrogen-bond donors (Lipinski definition) is 1. The summed E-state index contributed by atoms with van der Waals surface area (Å²) >= 11 is 0. The van der Waals surface area contributed by atoms with Crippen molar-refractivity contribution in [2.24, 2.45) is 5.92 Å². The summed E-state index contributed by atoms with van der Waals surface area (Å²) in [5.74, 6) is 0.730. The number of H-pyrrole nitrogens is 1. The van der Waals surface area contributed by atoms with Crippen LogP contribution in [-0.2, 0) is 0 Å². The standard InChI is InChI=1S/C19H16N2.2C2H6/c20-12-13-10-15(11-13)18-16-8-4-5-9-17(16)21-19(18)14-6-2-1-3-7-14;2*1-2/h1-9,13,15,21H,10-11H2;2*1-2H3. The SMILES string of the molecule is CC.CC.N#CC1CC(c2c(-c3ccccc3)[nH]c3ccccc23)C1. The van der Waals surface area contributed by atoms with Crippen molar-refractivity contribution in [3.8, 4) is 17.3 Å². The predicted octanol–water partition coefficient (Wildman–Crippen LogP) is 6.90. The lowest BCUT2D eigenvalue weighted by Crippen LogP contribution is -2.20. The Labute approximate surface area is 151 Å². The van der Waals surface area contributed by atoms with Crippen LogP contribution in [0.5, 0.6) is 0 Å². The highest BCUT2D eigenvalue weighted by Crippen LogP contribution is 2.47. The van der Waals surface area contributed by atoms with Crippen molar-refractivity contribution in [2.75, 3.05) is 0 Å². The van der Waals surface area contributed by atoms with Crippen LogP contribution in [0.15, 0.2) is 54.6 Å².